The fraction of sp³-hybridized carbons (Fsp3) is 0.538. The maximum absolute atomic E-state index is 12.7. The second-order valence-corrected chi connectivity index (χ2v) is 12.8. The predicted molar refractivity (Wildman–Crippen MR) is 156 cm³/mol. The lowest BCUT2D eigenvalue weighted by molar-refractivity contribution is -0.176. The van der Waals surface area contributed by atoms with Gasteiger partial charge in [-0.05, 0) is 45.6 Å². The number of Topliss-reactive ketones (excluding diaryl/α,β-unsaturated/α-hetero) is 3. The summed E-state index contributed by atoms with van der Waals surface area (Å²) in [5, 5.41) is 6.51. The van der Waals surface area contributed by atoms with Crippen LogP contribution in [-0.2, 0) is 30.8 Å². The van der Waals surface area contributed by atoms with Gasteiger partial charge in [0.15, 0.2) is 32.3 Å². The Morgan fingerprint density at radius 2 is 1.74 bits per heavy atom. The fourth-order valence-electron chi connectivity index (χ4n) is 3.91. The minimum atomic E-state index is -4.65. The molecule has 0 aliphatic heterocycles. The Kier molecular flexibility index (Phi) is 13.3. The smallest absolute Gasteiger partial charge is 0.367 e. The van der Waals surface area contributed by atoms with Gasteiger partial charge in [-0.25, -0.2) is 8.42 Å². The third kappa shape index (κ3) is 11.0. The van der Waals surface area contributed by atoms with Crippen LogP contribution < -0.4 is 10.6 Å². The number of benzene rings is 1. The molecular weight excluding hydrogens is 635 g/mol. The van der Waals surface area contributed by atoms with Gasteiger partial charge < -0.3 is 15.4 Å². The average Bonchev–Trinajstić information content (AvgIpc) is 2.88. The molecule has 1 aliphatic carbocycles. The van der Waals surface area contributed by atoms with Crippen molar-refractivity contribution in [2.75, 3.05) is 36.3 Å². The summed E-state index contributed by atoms with van der Waals surface area (Å²) in [6, 6.07) is 2.36. The minimum Gasteiger partial charge on any atom is -0.367 e. The second kappa shape index (κ2) is 15.8. The Balaban J connectivity index is 0.000000362. The van der Waals surface area contributed by atoms with Crippen LogP contribution in [0.4, 0.5) is 25.1 Å². The van der Waals surface area contributed by atoms with E-state index >= 15 is 0 Å². The van der Waals surface area contributed by atoms with Gasteiger partial charge in [0.1, 0.15) is 12.5 Å². The van der Waals surface area contributed by atoms with Gasteiger partial charge in [-0.15, -0.1) is 0 Å². The van der Waals surface area contributed by atoms with Crippen molar-refractivity contribution in [2.24, 2.45) is 5.92 Å². The number of carbonyl (C=O) groups is 3. The fourth-order valence-corrected chi connectivity index (χ4v) is 5.55. The van der Waals surface area contributed by atoms with Crippen molar-refractivity contribution in [1.29, 1.82) is 0 Å². The summed E-state index contributed by atoms with van der Waals surface area (Å²) in [6.07, 6.45) is -1.46. The van der Waals surface area contributed by atoms with E-state index < -0.39 is 62.4 Å². The molecule has 0 amide bonds. The van der Waals surface area contributed by atoms with E-state index in [9.17, 15) is 36.0 Å². The van der Waals surface area contributed by atoms with E-state index in [0.717, 1.165) is 30.1 Å². The van der Waals surface area contributed by atoms with E-state index in [1.54, 1.807) is 0 Å². The van der Waals surface area contributed by atoms with Crippen molar-refractivity contribution in [3.05, 3.63) is 28.3 Å². The zero-order valence-corrected chi connectivity index (χ0v) is 26.6. The predicted octanol–water partition coefficient (Wildman–Crippen LogP) is 4.79. The van der Waals surface area contributed by atoms with Crippen LogP contribution in [0.3, 0.4) is 0 Å². The first-order chi connectivity index (χ1) is 20.0. The highest BCUT2D eigenvalue weighted by atomic mass is 35.5. The molecule has 1 saturated carbocycles. The highest BCUT2D eigenvalue weighted by Gasteiger charge is 2.38. The molecule has 17 heteroatoms. The number of anilines is 2. The lowest BCUT2D eigenvalue weighted by atomic mass is 9.81. The molecule has 11 nitrogen and oxygen atoms in total. The highest BCUT2D eigenvalue weighted by Crippen LogP contribution is 2.32. The zero-order valence-electron chi connectivity index (χ0n) is 24.2. The number of hydrogen-bond donors (Lipinski definition) is 2. The monoisotopic (exact) mass is 667 g/mol. The number of thioether (sulfide) groups is 1. The number of nitrogens with zero attached hydrogens (tertiary/aromatic N) is 3. The van der Waals surface area contributed by atoms with Crippen molar-refractivity contribution in [3.63, 3.8) is 0 Å². The Labute approximate surface area is 257 Å². The van der Waals surface area contributed by atoms with E-state index in [1.807, 2.05) is 13.2 Å². The quantitative estimate of drug-likeness (QED) is 0.192. The van der Waals surface area contributed by atoms with Crippen molar-refractivity contribution < 1.29 is 40.7 Å². The summed E-state index contributed by atoms with van der Waals surface area (Å²) in [5.41, 5.74) is -0.650. The van der Waals surface area contributed by atoms with Crippen LogP contribution in [0, 0.1) is 5.92 Å². The Hall–Kier alpha value is -2.82. The number of aromatic nitrogens is 3. The number of carbonyl (C=O) groups excluding carboxylic acids is 3. The molecule has 0 radical (unpaired) electrons. The van der Waals surface area contributed by atoms with E-state index in [0.29, 0.717) is 24.4 Å². The molecular formula is C26H33ClF3N5O6S2. The maximum atomic E-state index is 12.7. The lowest BCUT2D eigenvalue weighted by Crippen LogP contribution is -2.35. The number of alkyl halides is 3. The lowest BCUT2D eigenvalue weighted by Gasteiger charge is -2.20. The average molecular weight is 668 g/mol. The van der Waals surface area contributed by atoms with E-state index in [-0.39, 0.29) is 24.0 Å². The number of nitrogens with one attached hydrogen (secondary N) is 2. The van der Waals surface area contributed by atoms with Crippen LogP contribution in [-0.4, -0.2) is 78.6 Å². The first-order valence-electron chi connectivity index (χ1n) is 13.0. The van der Waals surface area contributed by atoms with Crippen LogP contribution in [0.25, 0.3) is 0 Å². The van der Waals surface area contributed by atoms with E-state index in [1.165, 1.54) is 11.8 Å². The Bertz CT molecular complexity index is 1430. The molecule has 1 heterocycles. The number of halogens is 4. The molecule has 0 atom stereocenters. The van der Waals surface area contributed by atoms with Crippen LogP contribution in [0.2, 0.25) is 5.02 Å². The number of sulfone groups is 1. The van der Waals surface area contributed by atoms with Gasteiger partial charge in [0, 0.05) is 42.8 Å². The summed E-state index contributed by atoms with van der Waals surface area (Å²) < 4.78 is 65.3. The Morgan fingerprint density at radius 1 is 1.14 bits per heavy atom. The molecule has 2 N–H and O–H groups in total. The molecule has 1 aromatic heterocycles. The van der Waals surface area contributed by atoms with E-state index in [2.05, 4.69) is 44.2 Å². The van der Waals surface area contributed by atoms with Gasteiger partial charge in [-0.3, -0.25) is 14.4 Å². The molecule has 2 aromatic rings. The largest absolute Gasteiger partial charge is 0.411 e. The minimum absolute atomic E-state index is 0.0444. The third-order valence-corrected chi connectivity index (χ3v) is 7.84. The zero-order chi connectivity index (χ0) is 32.5. The topological polar surface area (TPSA) is 157 Å². The normalized spacial score (nSPS) is 14.4. The molecule has 0 unspecified atom stereocenters. The number of ketones is 3. The SMILES string of the molecule is CCNc1nc(NC(C)C)nc(SC)n1.CS(=O)(=O)c1ccc(C(=O)C2C(=O)CCCC2=O)c(Cl)c1COCC(F)(F)F. The van der Waals surface area contributed by atoms with Crippen LogP contribution >= 0.6 is 23.4 Å². The summed E-state index contributed by atoms with van der Waals surface area (Å²) in [7, 11) is -3.90. The van der Waals surface area contributed by atoms with Gasteiger partial charge in [-0.1, -0.05) is 23.4 Å². The van der Waals surface area contributed by atoms with Gasteiger partial charge in [0.05, 0.1) is 16.5 Å². The molecule has 3 rings (SSSR count). The van der Waals surface area contributed by atoms with Crippen molar-refractivity contribution in [1.82, 2.24) is 15.0 Å². The molecule has 1 fully saturated rings. The standard InChI is InChI=1S/C17H16ClF3O6S.C9H17N5S/c1-28(25,26)13-6-5-9(15(18)10(13)7-27-8-17(19,20)21)16(24)14-11(22)3-2-4-12(14)23;1-5-10-7-12-8(11-6(2)3)14-9(13-7)15-4/h5-6,14H,2-4,7-8H2,1H3;6H,5H2,1-4H3,(H2,10,11,12,13,14). The van der Waals surface area contributed by atoms with Crippen molar-refractivity contribution in [3.8, 4) is 0 Å². The molecule has 43 heavy (non-hydrogen) atoms. The van der Waals surface area contributed by atoms with Gasteiger partial charge >= 0.3 is 6.18 Å². The van der Waals surface area contributed by atoms with Crippen molar-refractivity contribution >= 4 is 62.4 Å². The van der Waals surface area contributed by atoms with Gasteiger partial charge in [0.25, 0.3) is 0 Å². The summed E-state index contributed by atoms with van der Waals surface area (Å²) in [5.74, 6) is -2.34. The molecule has 0 spiro atoms. The Morgan fingerprint density at radius 3 is 2.26 bits per heavy atom. The first kappa shape index (κ1) is 36.4. The molecule has 1 aliphatic rings. The number of rotatable bonds is 11. The summed E-state index contributed by atoms with van der Waals surface area (Å²) in [4.78, 5) is 49.0. The third-order valence-electron chi connectivity index (χ3n) is 5.68. The molecule has 0 saturated heterocycles. The van der Waals surface area contributed by atoms with Gasteiger partial charge in [0.2, 0.25) is 11.9 Å². The highest BCUT2D eigenvalue weighted by molar-refractivity contribution is 7.98. The maximum Gasteiger partial charge on any atom is 0.411 e. The summed E-state index contributed by atoms with van der Waals surface area (Å²) >= 11 is 7.62. The molecule has 238 valence electrons. The summed E-state index contributed by atoms with van der Waals surface area (Å²) in [6.45, 7) is 4.45. The number of ether oxygens (including phenoxy) is 1. The number of hydrogen-bond acceptors (Lipinski definition) is 12. The second-order valence-electron chi connectivity index (χ2n) is 9.67. The molecule has 0 bridgehead atoms. The van der Waals surface area contributed by atoms with Crippen molar-refractivity contribution in [2.45, 2.75) is 68.9 Å². The van der Waals surface area contributed by atoms with E-state index in [4.69, 9.17) is 11.6 Å². The van der Waals surface area contributed by atoms with Crippen LogP contribution in [0.5, 0.6) is 0 Å². The molecule has 1 aromatic carbocycles. The van der Waals surface area contributed by atoms with Crippen LogP contribution in [0.15, 0.2) is 22.2 Å². The van der Waals surface area contributed by atoms with Gasteiger partial charge in [-0.2, -0.15) is 28.1 Å². The first-order valence-corrected chi connectivity index (χ1v) is 16.5. The van der Waals surface area contributed by atoms with Crippen LogP contribution in [0.1, 0.15) is 56.0 Å².